The van der Waals surface area contributed by atoms with Gasteiger partial charge in [-0.05, 0) is 30.7 Å². The van der Waals surface area contributed by atoms with Crippen molar-refractivity contribution in [2.24, 2.45) is 0 Å². The molecule has 21 heavy (non-hydrogen) atoms. The van der Waals surface area contributed by atoms with E-state index in [0.29, 0.717) is 5.56 Å². The Hall–Kier alpha value is -2.96. The Kier molecular flexibility index (Phi) is 3.84. The summed E-state index contributed by atoms with van der Waals surface area (Å²) in [5.41, 5.74) is 6.46. The molecule has 0 heterocycles. The molecule has 2 aromatic carbocycles. The largest absolute Gasteiger partial charge is 0.397 e. The molecule has 0 aliphatic heterocycles. The molecule has 0 aliphatic carbocycles. The zero-order valence-electron chi connectivity index (χ0n) is 11.1. The van der Waals surface area contributed by atoms with E-state index < -0.39 is 16.6 Å². The van der Waals surface area contributed by atoms with Gasteiger partial charge in [-0.3, -0.25) is 14.9 Å². The van der Waals surface area contributed by atoms with Crippen LogP contribution in [0.2, 0.25) is 0 Å². The molecule has 0 atom stereocenters. The minimum Gasteiger partial charge on any atom is -0.397 e. The molecule has 1 amide bonds. The van der Waals surface area contributed by atoms with Crippen molar-refractivity contribution in [3.05, 3.63) is 63.5 Å². The fourth-order valence-electron chi connectivity index (χ4n) is 1.79. The lowest BCUT2D eigenvalue weighted by Gasteiger charge is -2.10. The van der Waals surface area contributed by atoms with E-state index in [2.05, 4.69) is 5.32 Å². The van der Waals surface area contributed by atoms with Gasteiger partial charge in [-0.15, -0.1) is 0 Å². The molecule has 2 aromatic rings. The molecule has 0 radical (unpaired) electrons. The lowest BCUT2D eigenvalue weighted by Crippen LogP contribution is -2.15. The molecule has 0 unspecified atom stereocenters. The summed E-state index contributed by atoms with van der Waals surface area (Å²) in [4.78, 5) is 22.3. The van der Waals surface area contributed by atoms with Crippen LogP contribution in [0.1, 0.15) is 15.9 Å². The summed E-state index contributed by atoms with van der Waals surface area (Å²) in [5.74, 6) is -1.14. The predicted molar refractivity (Wildman–Crippen MR) is 76.6 cm³/mol. The van der Waals surface area contributed by atoms with Crippen LogP contribution < -0.4 is 11.1 Å². The van der Waals surface area contributed by atoms with Gasteiger partial charge in [0.2, 0.25) is 0 Å². The van der Waals surface area contributed by atoms with Gasteiger partial charge in [-0.1, -0.05) is 6.07 Å². The number of nitrogens with one attached hydrogen (secondary N) is 1. The summed E-state index contributed by atoms with van der Waals surface area (Å²) in [7, 11) is 0. The first-order valence-corrected chi connectivity index (χ1v) is 6.00. The number of nitrogens with two attached hydrogens (primary N) is 1. The number of rotatable bonds is 3. The maximum atomic E-state index is 13.2. The average molecular weight is 289 g/mol. The van der Waals surface area contributed by atoms with Crippen LogP contribution in [0.15, 0.2) is 36.4 Å². The van der Waals surface area contributed by atoms with Gasteiger partial charge in [-0.25, -0.2) is 4.39 Å². The van der Waals surface area contributed by atoms with Gasteiger partial charge in [0.1, 0.15) is 5.82 Å². The van der Waals surface area contributed by atoms with E-state index in [0.717, 1.165) is 6.07 Å². The number of nitro benzene ring substituents is 1. The zero-order valence-corrected chi connectivity index (χ0v) is 11.1. The second-order valence-corrected chi connectivity index (χ2v) is 4.44. The first kappa shape index (κ1) is 14.4. The van der Waals surface area contributed by atoms with E-state index in [1.54, 1.807) is 6.92 Å². The van der Waals surface area contributed by atoms with Crippen molar-refractivity contribution in [2.45, 2.75) is 6.92 Å². The molecule has 6 nitrogen and oxygen atoms in total. The van der Waals surface area contributed by atoms with Crippen LogP contribution in [0, 0.1) is 22.9 Å². The summed E-state index contributed by atoms with van der Waals surface area (Å²) in [6.07, 6.45) is 0. The number of nitrogens with zero attached hydrogens (tertiary/aromatic N) is 1. The summed E-state index contributed by atoms with van der Waals surface area (Å²) in [6.45, 7) is 1.65. The first-order chi connectivity index (χ1) is 9.88. The summed E-state index contributed by atoms with van der Waals surface area (Å²) in [6, 6.07) is 7.53. The highest BCUT2D eigenvalue weighted by Gasteiger charge is 2.15. The number of nitro groups is 1. The molecular formula is C14H12FN3O3. The van der Waals surface area contributed by atoms with Crippen LogP contribution in [0.3, 0.4) is 0 Å². The number of anilines is 2. The Morgan fingerprint density at radius 2 is 2.00 bits per heavy atom. The molecule has 0 bridgehead atoms. The van der Waals surface area contributed by atoms with Gasteiger partial charge in [-0.2, -0.15) is 0 Å². The van der Waals surface area contributed by atoms with Gasteiger partial charge in [0, 0.05) is 17.7 Å². The maximum Gasteiger partial charge on any atom is 0.270 e. The zero-order chi connectivity index (χ0) is 15.6. The monoisotopic (exact) mass is 289 g/mol. The molecule has 0 saturated heterocycles. The fourth-order valence-corrected chi connectivity index (χ4v) is 1.79. The fraction of sp³-hybridized carbons (Fsp3) is 0.0714. The van der Waals surface area contributed by atoms with E-state index >= 15 is 0 Å². The van der Waals surface area contributed by atoms with Crippen LogP contribution in [0.4, 0.5) is 21.5 Å². The quantitative estimate of drug-likeness (QED) is 0.515. The van der Waals surface area contributed by atoms with E-state index in [4.69, 9.17) is 5.73 Å². The Bertz CT molecular complexity index is 731. The topological polar surface area (TPSA) is 98.3 Å². The van der Waals surface area contributed by atoms with Crippen LogP contribution in [-0.4, -0.2) is 10.8 Å². The molecular weight excluding hydrogens is 277 g/mol. The second kappa shape index (κ2) is 5.58. The van der Waals surface area contributed by atoms with E-state index in [9.17, 15) is 19.3 Å². The number of benzene rings is 2. The number of halogens is 1. The van der Waals surface area contributed by atoms with Crippen molar-refractivity contribution >= 4 is 23.0 Å². The third kappa shape index (κ3) is 3.14. The first-order valence-electron chi connectivity index (χ1n) is 6.00. The molecule has 3 N–H and O–H groups in total. The molecule has 0 aromatic heterocycles. The van der Waals surface area contributed by atoms with Crippen LogP contribution in [-0.2, 0) is 0 Å². The third-order valence-corrected chi connectivity index (χ3v) is 2.94. The van der Waals surface area contributed by atoms with Crippen LogP contribution in [0.5, 0.6) is 0 Å². The normalized spacial score (nSPS) is 10.2. The minimum atomic E-state index is -0.591. The Labute approximate surface area is 119 Å². The number of carbonyl (C=O) groups is 1. The Morgan fingerprint density at radius 3 is 2.67 bits per heavy atom. The van der Waals surface area contributed by atoms with Crippen molar-refractivity contribution in [1.29, 1.82) is 0 Å². The number of carbonyl (C=O) groups excluding carboxylic acids is 1. The third-order valence-electron chi connectivity index (χ3n) is 2.94. The van der Waals surface area contributed by atoms with Gasteiger partial charge in [0.15, 0.2) is 0 Å². The number of hydrogen-bond donors (Lipinski definition) is 2. The Balaban J connectivity index is 2.34. The van der Waals surface area contributed by atoms with Crippen molar-refractivity contribution in [1.82, 2.24) is 0 Å². The number of aryl methyl sites for hydroxylation is 1. The van der Waals surface area contributed by atoms with Crippen LogP contribution in [0.25, 0.3) is 0 Å². The number of nitrogen functional groups attached to an aromatic ring is 1. The van der Waals surface area contributed by atoms with Gasteiger partial charge >= 0.3 is 0 Å². The minimum absolute atomic E-state index is 0.117. The molecule has 0 saturated carbocycles. The van der Waals surface area contributed by atoms with E-state index in [1.807, 2.05) is 0 Å². The summed E-state index contributed by atoms with van der Waals surface area (Å²) < 4.78 is 13.2. The highest BCUT2D eigenvalue weighted by atomic mass is 19.1. The lowest BCUT2D eigenvalue weighted by molar-refractivity contribution is -0.384. The van der Waals surface area contributed by atoms with Crippen molar-refractivity contribution in [2.75, 3.05) is 11.1 Å². The Morgan fingerprint density at radius 1 is 1.29 bits per heavy atom. The van der Waals surface area contributed by atoms with Gasteiger partial charge in [0.25, 0.3) is 11.6 Å². The van der Waals surface area contributed by atoms with Gasteiger partial charge < -0.3 is 11.1 Å². The summed E-state index contributed by atoms with van der Waals surface area (Å²) in [5, 5.41) is 13.2. The highest BCUT2D eigenvalue weighted by Crippen LogP contribution is 2.22. The molecule has 0 fully saturated rings. The van der Waals surface area contributed by atoms with E-state index in [1.165, 1.54) is 30.3 Å². The number of hydrogen-bond acceptors (Lipinski definition) is 4. The van der Waals surface area contributed by atoms with Crippen molar-refractivity contribution in [3.63, 3.8) is 0 Å². The molecule has 0 aliphatic rings. The van der Waals surface area contributed by atoms with Crippen molar-refractivity contribution in [3.8, 4) is 0 Å². The smallest absolute Gasteiger partial charge is 0.270 e. The second-order valence-electron chi connectivity index (χ2n) is 4.44. The molecule has 0 spiro atoms. The summed E-state index contributed by atoms with van der Waals surface area (Å²) >= 11 is 0. The lowest BCUT2D eigenvalue weighted by atomic mass is 10.1. The number of amides is 1. The SMILES string of the molecule is Cc1ccc([N+](=O)[O-])cc1C(=O)Nc1cc(F)ccc1N. The van der Waals surface area contributed by atoms with Crippen LogP contribution >= 0.6 is 0 Å². The number of non-ortho nitro benzene ring substituents is 1. The van der Waals surface area contributed by atoms with E-state index in [-0.39, 0.29) is 22.6 Å². The highest BCUT2D eigenvalue weighted by molar-refractivity contribution is 6.07. The molecule has 2 rings (SSSR count). The van der Waals surface area contributed by atoms with Gasteiger partial charge in [0.05, 0.1) is 16.3 Å². The molecule has 7 heteroatoms. The van der Waals surface area contributed by atoms with Crippen molar-refractivity contribution < 1.29 is 14.1 Å². The standard InChI is InChI=1S/C14H12FN3O3/c1-8-2-4-10(18(20)21)7-11(8)14(19)17-13-6-9(15)3-5-12(13)16/h2-7H,16H2,1H3,(H,17,19). The maximum absolute atomic E-state index is 13.2. The molecule has 108 valence electrons. The average Bonchev–Trinajstić information content (AvgIpc) is 2.43. The predicted octanol–water partition coefficient (Wildman–Crippen LogP) is 2.88.